The molecule has 1 saturated heterocycles. The van der Waals surface area contributed by atoms with E-state index >= 15 is 0 Å². The fourth-order valence-electron chi connectivity index (χ4n) is 2.20. The van der Waals surface area contributed by atoms with Crippen LogP contribution in [-0.4, -0.2) is 59.4 Å². The number of anilines is 3. The van der Waals surface area contributed by atoms with Gasteiger partial charge in [-0.25, -0.2) is 0 Å². The van der Waals surface area contributed by atoms with Gasteiger partial charge >= 0.3 is 0 Å². The van der Waals surface area contributed by atoms with E-state index in [2.05, 4.69) is 32.1 Å². The van der Waals surface area contributed by atoms with Gasteiger partial charge in [0.15, 0.2) is 0 Å². The highest BCUT2D eigenvalue weighted by Gasteiger charge is 2.29. The lowest BCUT2D eigenvalue weighted by molar-refractivity contribution is 0.0349. The van der Waals surface area contributed by atoms with Crippen LogP contribution in [0.1, 0.15) is 33.1 Å². The van der Waals surface area contributed by atoms with Crippen molar-refractivity contribution in [1.82, 2.24) is 15.0 Å². The highest BCUT2D eigenvalue weighted by atomic mass is 16.3. The maximum atomic E-state index is 10.1. The minimum absolute atomic E-state index is 0.572. The van der Waals surface area contributed by atoms with Gasteiger partial charge in [-0.1, -0.05) is 6.92 Å². The Morgan fingerprint density at radius 1 is 1.24 bits per heavy atom. The molecular weight excluding hydrogens is 268 g/mol. The molecule has 1 fully saturated rings. The van der Waals surface area contributed by atoms with E-state index in [0.29, 0.717) is 17.8 Å². The number of hydrogen-bond donors (Lipinski definition) is 2. The first kappa shape index (κ1) is 15.8. The Morgan fingerprint density at radius 3 is 2.48 bits per heavy atom. The molecule has 1 aliphatic rings. The van der Waals surface area contributed by atoms with Crippen molar-refractivity contribution in [3.63, 3.8) is 0 Å². The van der Waals surface area contributed by atoms with Crippen LogP contribution in [0.2, 0.25) is 0 Å². The SMILES string of the molecule is CCCNc1nc(N(C)C)nc(N2CCC(C)(O)CC2)n1. The quantitative estimate of drug-likeness (QED) is 0.842. The van der Waals surface area contributed by atoms with E-state index in [4.69, 9.17) is 0 Å². The average Bonchev–Trinajstić information content (AvgIpc) is 2.44. The average molecular weight is 294 g/mol. The maximum absolute atomic E-state index is 10.1. The van der Waals surface area contributed by atoms with Gasteiger partial charge in [-0.3, -0.25) is 0 Å². The summed E-state index contributed by atoms with van der Waals surface area (Å²) in [6.07, 6.45) is 2.48. The van der Waals surface area contributed by atoms with Crippen LogP contribution in [0.15, 0.2) is 0 Å². The monoisotopic (exact) mass is 294 g/mol. The zero-order valence-corrected chi connectivity index (χ0v) is 13.4. The molecule has 1 aliphatic heterocycles. The van der Waals surface area contributed by atoms with Gasteiger partial charge in [-0.2, -0.15) is 15.0 Å². The fraction of sp³-hybridized carbons (Fsp3) is 0.786. The molecule has 21 heavy (non-hydrogen) atoms. The lowest BCUT2D eigenvalue weighted by Crippen LogP contribution is -2.43. The Bertz CT molecular complexity index is 467. The predicted octanol–water partition coefficient (Wildman–Crippen LogP) is 1.11. The van der Waals surface area contributed by atoms with Gasteiger partial charge in [-0.05, 0) is 26.2 Å². The molecule has 0 aromatic carbocycles. The van der Waals surface area contributed by atoms with Crippen molar-refractivity contribution in [2.45, 2.75) is 38.7 Å². The second-order valence-corrected chi connectivity index (χ2v) is 6.06. The first-order chi connectivity index (χ1) is 9.91. The molecule has 2 N–H and O–H groups in total. The second-order valence-electron chi connectivity index (χ2n) is 6.06. The number of nitrogens with one attached hydrogen (secondary N) is 1. The highest BCUT2D eigenvalue weighted by Crippen LogP contribution is 2.25. The molecule has 0 radical (unpaired) electrons. The molecule has 1 aromatic heterocycles. The van der Waals surface area contributed by atoms with Crippen LogP contribution >= 0.6 is 0 Å². The van der Waals surface area contributed by atoms with Gasteiger partial charge < -0.3 is 20.2 Å². The third-order valence-electron chi connectivity index (χ3n) is 3.67. The van der Waals surface area contributed by atoms with Crippen LogP contribution in [0, 0.1) is 0 Å². The lowest BCUT2D eigenvalue weighted by atomic mass is 9.94. The first-order valence-corrected chi connectivity index (χ1v) is 7.56. The predicted molar refractivity (Wildman–Crippen MR) is 85.0 cm³/mol. The third kappa shape index (κ3) is 4.17. The van der Waals surface area contributed by atoms with Crippen molar-refractivity contribution in [2.75, 3.05) is 48.8 Å². The highest BCUT2D eigenvalue weighted by molar-refractivity contribution is 5.44. The first-order valence-electron chi connectivity index (χ1n) is 7.56. The van der Waals surface area contributed by atoms with Gasteiger partial charge in [-0.15, -0.1) is 0 Å². The summed E-state index contributed by atoms with van der Waals surface area (Å²) in [6.45, 7) is 6.35. The van der Waals surface area contributed by atoms with Crippen molar-refractivity contribution < 1.29 is 5.11 Å². The van der Waals surface area contributed by atoms with Gasteiger partial charge in [0, 0.05) is 33.7 Å². The third-order valence-corrected chi connectivity index (χ3v) is 3.67. The van der Waals surface area contributed by atoms with E-state index in [9.17, 15) is 5.11 Å². The van der Waals surface area contributed by atoms with E-state index in [0.717, 1.165) is 38.9 Å². The Kier molecular flexibility index (Phi) is 4.82. The molecule has 0 atom stereocenters. The summed E-state index contributed by atoms with van der Waals surface area (Å²) in [6, 6.07) is 0. The summed E-state index contributed by atoms with van der Waals surface area (Å²) >= 11 is 0. The molecule has 0 amide bonds. The summed E-state index contributed by atoms with van der Waals surface area (Å²) < 4.78 is 0. The molecule has 1 aromatic rings. The number of hydrogen-bond acceptors (Lipinski definition) is 7. The van der Waals surface area contributed by atoms with Gasteiger partial charge in [0.05, 0.1) is 5.60 Å². The van der Waals surface area contributed by atoms with Crippen molar-refractivity contribution in [1.29, 1.82) is 0 Å². The number of piperidine rings is 1. The number of aromatic nitrogens is 3. The minimum Gasteiger partial charge on any atom is -0.390 e. The van der Waals surface area contributed by atoms with Crippen molar-refractivity contribution in [3.8, 4) is 0 Å². The molecule has 0 saturated carbocycles. The standard InChI is InChI=1S/C14H26N6O/c1-5-8-15-11-16-12(19(3)4)18-13(17-11)20-9-6-14(2,21)7-10-20/h21H,5-10H2,1-4H3,(H,15,16,17,18). The van der Waals surface area contributed by atoms with Crippen LogP contribution in [-0.2, 0) is 0 Å². The smallest absolute Gasteiger partial charge is 0.231 e. The Hall–Kier alpha value is -1.63. The number of aliphatic hydroxyl groups is 1. The number of rotatable bonds is 5. The molecular formula is C14H26N6O. The van der Waals surface area contributed by atoms with Crippen LogP contribution in [0.4, 0.5) is 17.8 Å². The van der Waals surface area contributed by atoms with Gasteiger partial charge in [0.2, 0.25) is 17.8 Å². The zero-order chi connectivity index (χ0) is 15.5. The Labute approximate surface area is 126 Å². The molecule has 118 valence electrons. The number of nitrogens with zero attached hydrogens (tertiary/aromatic N) is 5. The summed E-state index contributed by atoms with van der Waals surface area (Å²) in [7, 11) is 3.84. The van der Waals surface area contributed by atoms with Crippen LogP contribution < -0.4 is 15.1 Å². The molecule has 0 bridgehead atoms. The molecule has 2 heterocycles. The molecule has 2 rings (SSSR count). The minimum atomic E-state index is -0.572. The van der Waals surface area contributed by atoms with Gasteiger partial charge in [0.1, 0.15) is 0 Å². The largest absolute Gasteiger partial charge is 0.390 e. The molecule has 7 nitrogen and oxygen atoms in total. The lowest BCUT2D eigenvalue weighted by Gasteiger charge is -2.35. The molecule has 0 spiro atoms. The Morgan fingerprint density at radius 2 is 1.90 bits per heavy atom. The molecule has 0 unspecified atom stereocenters. The van der Waals surface area contributed by atoms with Crippen LogP contribution in [0.25, 0.3) is 0 Å². The Balaban J connectivity index is 2.19. The van der Waals surface area contributed by atoms with Gasteiger partial charge in [0.25, 0.3) is 0 Å². The van der Waals surface area contributed by atoms with Crippen molar-refractivity contribution >= 4 is 17.8 Å². The fourth-order valence-corrected chi connectivity index (χ4v) is 2.20. The van der Waals surface area contributed by atoms with Crippen LogP contribution in [0.3, 0.4) is 0 Å². The van der Waals surface area contributed by atoms with Crippen molar-refractivity contribution in [2.24, 2.45) is 0 Å². The summed E-state index contributed by atoms with van der Waals surface area (Å²) in [5, 5.41) is 13.3. The van der Waals surface area contributed by atoms with E-state index in [1.54, 1.807) is 0 Å². The molecule has 7 heteroatoms. The summed E-state index contributed by atoms with van der Waals surface area (Å²) in [5.74, 6) is 1.95. The van der Waals surface area contributed by atoms with E-state index in [-0.39, 0.29) is 0 Å². The van der Waals surface area contributed by atoms with E-state index in [1.807, 2.05) is 25.9 Å². The van der Waals surface area contributed by atoms with Crippen LogP contribution in [0.5, 0.6) is 0 Å². The summed E-state index contributed by atoms with van der Waals surface area (Å²) in [4.78, 5) is 17.4. The topological polar surface area (TPSA) is 77.4 Å². The maximum Gasteiger partial charge on any atom is 0.231 e. The summed E-state index contributed by atoms with van der Waals surface area (Å²) in [5.41, 5.74) is -0.572. The van der Waals surface area contributed by atoms with E-state index in [1.165, 1.54) is 0 Å². The normalized spacial score (nSPS) is 17.7. The van der Waals surface area contributed by atoms with Crippen molar-refractivity contribution in [3.05, 3.63) is 0 Å². The van der Waals surface area contributed by atoms with E-state index < -0.39 is 5.60 Å². The molecule has 0 aliphatic carbocycles. The zero-order valence-electron chi connectivity index (χ0n) is 13.4. The second kappa shape index (κ2) is 6.43.